The molecule has 0 fully saturated rings. The fourth-order valence-electron chi connectivity index (χ4n) is 3.58. The Morgan fingerprint density at radius 1 is 1.13 bits per heavy atom. The minimum Gasteiger partial charge on any atom is -0.496 e. The van der Waals surface area contributed by atoms with Crippen LogP contribution in [0.2, 0.25) is 0 Å². The summed E-state index contributed by atoms with van der Waals surface area (Å²) < 4.78 is 6.46. The van der Waals surface area contributed by atoms with Crippen LogP contribution in [0.15, 0.2) is 82.4 Å². The van der Waals surface area contributed by atoms with Crippen LogP contribution < -0.4 is 4.74 Å². The van der Waals surface area contributed by atoms with Gasteiger partial charge in [0.1, 0.15) is 5.75 Å². The molecule has 1 amide bonds. The van der Waals surface area contributed by atoms with Crippen molar-refractivity contribution in [3.63, 3.8) is 0 Å². The summed E-state index contributed by atoms with van der Waals surface area (Å²) in [6.07, 6.45) is 0.489. The highest BCUT2D eigenvalue weighted by molar-refractivity contribution is 9.10. The van der Waals surface area contributed by atoms with Crippen LogP contribution in [0.5, 0.6) is 5.75 Å². The van der Waals surface area contributed by atoms with Gasteiger partial charge in [0.25, 0.3) is 11.6 Å². The van der Waals surface area contributed by atoms with Gasteiger partial charge in [0, 0.05) is 34.2 Å². The van der Waals surface area contributed by atoms with Gasteiger partial charge in [0.05, 0.1) is 23.8 Å². The zero-order valence-electron chi connectivity index (χ0n) is 16.6. The molecular weight excluding hydrogens is 462 g/mol. The third kappa shape index (κ3) is 4.20. The monoisotopic (exact) mass is 479 g/mol. The van der Waals surface area contributed by atoms with Gasteiger partial charge in [-0.1, -0.05) is 52.3 Å². The highest BCUT2D eigenvalue weighted by Crippen LogP contribution is 2.38. The van der Waals surface area contributed by atoms with Gasteiger partial charge in [-0.2, -0.15) is 5.10 Å². The highest BCUT2D eigenvalue weighted by Gasteiger charge is 2.35. The molecule has 156 valence electrons. The molecule has 1 heterocycles. The molecule has 0 radical (unpaired) electrons. The van der Waals surface area contributed by atoms with E-state index in [0.29, 0.717) is 12.2 Å². The van der Waals surface area contributed by atoms with Gasteiger partial charge in [0.2, 0.25) is 0 Å². The summed E-state index contributed by atoms with van der Waals surface area (Å²) in [4.78, 5) is 24.0. The molecule has 3 aromatic rings. The Balaban J connectivity index is 1.77. The van der Waals surface area contributed by atoms with E-state index in [1.807, 2.05) is 48.5 Å². The van der Waals surface area contributed by atoms with E-state index in [2.05, 4.69) is 21.0 Å². The molecular formula is C23H18BrN3O4. The van der Waals surface area contributed by atoms with E-state index in [1.165, 1.54) is 23.2 Å². The first-order valence-electron chi connectivity index (χ1n) is 9.52. The average Bonchev–Trinajstić information content (AvgIpc) is 3.24. The molecule has 1 unspecified atom stereocenters. The lowest BCUT2D eigenvalue weighted by Gasteiger charge is -2.23. The molecule has 4 rings (SSSR count). The normalized spacial score (nSPS) is 15.5. The SMILES string of the molecule is COc1ccccc1C1CC(c2ccc(Br)cc2)=NN1C(=O)c1cccc([N+](=O)[O-])c1. The topological polar surface area (TPSA) is 85.0 Å². The summed E-state index contributed by atoms with van der Waals surface area (Å²) in [6, 6.07) is 20.5. The number of carbonyl (C=O) groups excluding carboxylic acids is 1. The summed E-state index contributed by atoms with van der Waals surface area (Å²) >= 11 is 3.43. The number of rotatable bonds is 5. The van der Waals surface area contributed by atoms with E-state index in [1.54, 1.807) is 13.2 Å². The number of non-ortho nitro benzene ring substituents is 1. The number of hydrogen-bond donors (Lipinski definition) is 0. The molecule has 0 aromatic heterocycles. The standard InChI is InChI=1S/C23H18BrN3O4/c1-31-22-8-3-2-7-19(22)21-14-20(15-9-11-17(24)12-10-15)25-26(21)23(28)16-5-4-6-18(13-16)27(29)30/h2-13,21H,14H2,1H3. The first-order chi connectivity index (χ1) is 15.0. The maximum atomic E-state index is 13.4. The Labute approximate surface area is 187 Å². The van der Waals surface area contributed by atoms with Gasteiger partial charge >= 0.3 is 0 Å². The molecule has 1 aliphatic heterocycles. The van der Waals surface area contributed by atoms with Gasteiger partial charge < -0.3 is 4.74 Å². The number of methoxy groups -OCH3 is 1. The van der Waals surface area contributed by atoms with Gasteiger partial charge in [-0.25, -0.2) is 5.01 Å². The van der Waals surface area contributed by atoms with Crippen LogP contribution in [-0.2, 0) is 0 Å². The predicted molar refractivity (Wildman–Crippen MR) is 120 cm³/mol. The number of para-hydroxylation sites is 1. The Morgan fingerprint density at radius 3 is 2.58 bits per heavy atom. The van der Waals surface area contributed by atoms with Crippen molar-refractivity contribution in [2.24, 2.45) is 5.10 Å². The number of nitro benzene ring substituents is 1. The van der Waals surface area contributed by atoms with Crippen LogP contribution >= 0.6 is 15.9 Å². The molecule has 1 atom stereocenters. The highest BCUT2D eigenvalue weighted by atomic mass is 79.9. The van der Waals surface area contributed by atoms with Crippen molar-refractivity contribution in [3.8, 4) is 5.75 Å². The average molecular weight is 480 g/mol. The third-order valence-electron chi connectivity index (χ3n) is 5.10. The van der Waals surface area contributed by atoms with Gasteiger partial charge in [-0.15, -0.1) is 0 Å². The minimum absolute atomic E-state index is 0.143. The van der Waals surface area contributed by atoms with Crippen molar-refractivity contribution in [1.29, 1.82) is 0 Å². The summed E-state index contributed by atoms with van der Waals surface area (Å²) in [7, 11) is 1.58. The summed E-state index contributed by atoms with van der Waals surface area (Å²) in [5.74, 6) is 0.239. The first kappa shape index (κ1) is 20.7. The molecule has 0 N–H and O–H groups in total. The third-order valence-corrected chi connectivity index (χ3v) is 5.63. The molecule has 0 bridgehead atoms. The number of nitro groups is 1. The molecule has 0 aliphatic carbocycles. The van der Waals surface area contributed by atoms with Crippen LogP contribution in [0.3, 0.4) is 0 Å². The zero-order chi connectivity index (χ0) is 22.0. The lowest BCUT2D eigenvalue weighted by atomic mass is 9.97. The van der Waals surface area contributed by atoms with Crippen LogP contribution in [0.4, 0.5) is 5.69 Å². The van der Waals surface area contributed by atoms with Gasteiger partial charge in [0.15, 0.2) is 0 Å². The fraction of sp³-hybridized carbons (Fsp3) is 0.130. The second kappa shape index (κ2) is 8.69. The summed E-state index contributed by atoms with van der Waals surface area (Å²) in [6.45, 7) is 0. The van der Waals surface area contributed by atoms with Crippen molar-refractivity contribution < 1.29 is 14.5 Å². The number of hydrazone groups is 1. The lowest BCUT2D eigenvalue weighted by Crippen LogP contribution is -2.27. The molecule has 3 aromatic carbocycles. The molecule has 0 saturated carbocycles. The first-order valence-corrected chi connectivity index (χ1v) is 10.3. The van der Waals surface area contributed by atoms with Crippen LogP contribution in [0, 0.1) is 10.1 Å². The predicted octanol–water partition coefficient (Wildman–Crippen LogP) is 5.36. The summed E-state index contributed by atoms with van der Waals surface area (Å²) in [5.41, 5.74) is 2.53. The summed E-state index contributed by atoms with van der Waals surface area (Å²) in [5, 5.41) is 17.2. The van der Waals surface area contributed by atoms with Crippen molar-refractivity contribution in [2.75, 3.05) is 7.11 Å². The smallest absolute Gasteiger partial charge is 0.274 e. The fourth-order valence-corrected chi connectivity index (χ4v) is 3.85. The Bertz CT molecular complexity index is 1180. The van der Waals surface area contributed by atoms with Crippen molar-refractivity contribution in [1.82, 2.24) is 5.01 Å². The number of halogens is 1. The van der Waals surface area contributed by atoms with Crippen LogP contribution in [0.25, 0.3) is 0 Å². The van der Waals surface area contributed by atoms with Crippen molar-refractivity contribution >= 4 is 33.2 Å². The van der Waals surface area contributed by atoms with E-state index in [-0.39, 0.29) is 11.3 Å². The largest absolute Gasteiger partial charge is 0.496 e. The van der Waals surface area contributed by atoms with E-state index >= 15 is 0 Å². The molecule has 1 aliphatic rings. The quantitative estimate of drug-likeness (QED) is 0.364. The number of ether oxygens (including phenoxy) is 1. The van der Waals surface area contributed by atoms with Crippen molar-refractivity contribution in [3.05, 3.63) is 104 Å². The van der Waals surface area contributed by atoms with Gasteiger partial charge in [-0.05, 0) is 29.8 Å². The molecule has 0 spiro atoms. The van der Waals surface area contributed by atoms with E-state index < -0.39 is 16.9 Å². The van der Waals surface area contributed by atoms with Crippen LogP contribution in [0.1, 0.15) is 33.9 Å². The second-order valence-electron chi connectivity index (χ2n) is 6.97. The Kier molecular flexibility index (Phi) is 5.81. The van der Waals surface area contributed by atoms with Gasteiger partial charge in [-0.3, -0.25) is 14.9 Å². The minimum atomic E-state index is -0.519. The molecule has 7 nitrogen and oxygen atoms in total. The zero-order valence-corrected chi connectivity index (χ0v) is 18.2. The lowest BCUT2D eigenvalue weighted by molar-refractivity contribution is -0.384. The van der Waals surface area contributed by atoms with E-state index in [4.69, 9.17) is 4.74 Å². The number of amides is 1. The van der Waals surface area contributed by atoms with Crippen LogP contribution in [-0.4, -0.2) is 28.7 Å². The number of nitrogens with zero attached hydrogens (tertiary/aromatic N) is 3. The Hall–Kier alpha value is -3.52. The maximum Gasteiger partial charge on any atom is 0.274 e. The Morgan fingerprint density at radius 2 is 1.87 bits per heavy atom. The van der Waals surface area contributed by atoms with E-state index in [0.717, 1.165) is 21.3 Å². The second-order valence-corrected chi connectivity index (χ2v) is 7.89. The molecule has 0 saturated heterocycles. The number of hydrogen-bond acceptors (Lipinski definition) is 5. The number of carbonyl (C=O) groups is 1. The van der Waals surface area contributed by atoms with E-state index in [9.17, 15) is 14.9 Å². The molecule has 31 heavy (non-hydrogen) atoms. The van der Waals surface area contributed by atoms with Crippen molar-refractivity contribution in [2.45, 2.75) is 12.5 Å². The maximum absolute atomic E-state index is 13.4. The molecule has 8 heteroatoms. The number of benzene rings is 3.